The number of anilines is 1. The molecule has 2 N–H and O–H groups in total. The maximum atomic E-state index is 11.9. The maximum absolute atomic E-state index is 11.9. The first-order valence-corrected chi connectivity index (χ1v) is 9.28. The molecule has 0 spiro atoms. The van der Waals surface area contributed by atoms with E-state index >= 15 is 0 Å². The van der Waals surface area contributed by atoms with E-state index in [4.69, 9.17) is 21.1 Å². The molecule has 0 bridgehead atoms. The lowest BCUT2D eigenvalue weighted by Crippen LogP contribution is -2.20. The number of rotatable bonds is 8. The van der Waals surface area contributed by atoms with Crippen molar-refractivity contribution in [3.63, 3.8) is 0 Å². The largest absolute Gasteiger partial charge is 0.495 e. The van der Waals surface area contributed by atoms with Gasteiger partial charge >= 0.3 is 5.97 Å². The van der Waals surface area contributed by atoms with E-state index in [0.29, 0.717) is 22.9 Å². The predicted molar refractivity (Wildman–Crippen MR) is 109 cm³/mol. The molecule has 0 fully saturated rings. The lowest BCUT2D eigenvalue weighted by atomic mass is 10.1. The van der Waals surface area contributed by atoms with Crippen LogP contribution in [0.5, 0.6) is 5.75 Å². The summed E-state index contributed by atoms with van der Waals surface area (Å²) in [5.74, 6) is -0.310. The topological polar surface area (TPSA) is 80.4 Å². The van der Waals surface area contributed by atoms with Gasteiger partial charge in [0.25, 0.3) is 5.91 Å². The molecule has 1 aromatic heterocycles. The zero-order valence-electron chi connectivity index (χ0n) is 15.5. The van der Waals surface area contributed by atoms with E-state index < -0.39 is 11.9 Å². The molecule has 2 aromatic carbocycles. The number of ether oxygens (including phenoxy) is 2. The number of hydrogen-bond acceptors (Lipinski definition) is 4. The molecule has 7 heteroatoms. The third-order valence-electron chi connectivity index (χ3n) is 4.30. The molecule has 0 unspecified atom stereocenters. The summed E-state index contributed by atoms with van der Waals surface area (Å²) in [6.45, 7) is -0.338. The summed E-state index contributed by atoms with van der Waals surface area (Å²) in [5, 5.41) is 4.17. The monoisotopic (exact) mass is 400 g/mol. The molecule has 0 saturated carbocycles. The Labute approximate surface area is 167 Å². The third-order valence-corrected chi connectivity index (χ3v) is 4.60. The van der Waals surface area contributed by atoms with Gasteiger partial charge in [-0.25, -0.2) is 0 Å². The number of halogens is 1. The fourth-order valence-electron chi connectivity index (χ4n) is 2.92. The highest BCUT2D eigenvalue weighted by atomic mass is 35.5. The highest BCUT2D eigenvalue weighted by Gasteiger charge is 2.10. The second-order valence-electron chi connectivity index (χ2n) is 6.27. The van der Waals surface area contributed by atoms with Gasteiger partial charge in [0.1, 0.15) is 5.75 Å². The highest BCUT2D eigenvalue weighted by molar-refractivity contribution is 6.32. The van der Waals surface area contributed by atoms with Crippen LogP contribution in [0.4, 0.5) is 5.69 Å². The first kappa shape index (κ1) is 19.8. The van der Waals surface area contributed by atoms with E-state index in [1.54, 1.807) is 18.2 Å². The number of carbonyl (C=O) groups is 2. The first-order valence-electron chi connectivity index (χ1n) is 8.91. The Morgan fingerprint density at radius 3 is 2.79 bits per heavy atom. The molecule has 0 aliphatic carbocycles. The summed E-state index contributed by atoms with van der Waals surface area (Å²) >= 11 is 6.01. The lowest BCUT2D eigenvalue weighted by Gasteiger charge is -2.08. The summed E-state index contributed by atoms with van der Waals surface area (Å²) < 4.78 is 10.1. The van der Waals surface area contributed by atoms with Gasteiger partial charge in [0.15, 0.2) is 6.61 Å². The maximum Gasteiger partial charge on any atom is 0.306 e. The molecule has 3 aromatic rings. The molecule has 0 atom stereocenters. The third kappa shape index (κ3) is 5.04. The number of H-pyrrole nitrogens is 1. The number of hydrogen-bond donors (Lipinski definition) is 2. The van der Waals surface area contributed by atoms with Crippen LogP contribution in [-0.2, 0) is 20.7 Å². The van der Waals surface area contributed by atoms with Gasteiger partial charge in [0, 0.05) is 29.2 Å². The molecular weight excluding hydrogens is 380 g/mol. The van der Waals surface area contributed by atoms with Gasteiger partial charge in [-0.3, -0.25) is 9.59 Å². The zero-order valence-corrected chi connectivity index (χ0v) is 16.2. The molecule has 6 nitrogen and oxygen atoms in total. The summed E-state index contributed by atoms with van der Waals surface area (Å²) in [6.07, 6.45) is 3.62. The van der Waals surface area contributed by atoms with Crippen molar-refractivity contribution in [2.75, 3.05) is 19.0 Å². The second-order valence-corrected chi connectivity index (χ2v) is 6.68. The van der Waals surface area contributed by atoms with Crippen molar-refractivity contribution >= 4 is 40.1 Å². The molecule has 1 amide bonds. The van der Waals surface area contributed by atoms with E-state index in [9.17, 15) is 9.59 Å². The van der Waals surface area contributed by atoms with Gasteiger partial charge in [0.2, 0.25) is 0 Å². The average Bonchev–Trinajstić information content (AvgIpc) is 3.10. The molecule has 0 aliphatic heterocycles. The van der Waals surface area contributed by atoms with Crippen molar-refractivity contribution < 1.29 is 19.1 Å². The van der Waals surface area contributed by atoms with Crippen LogP contribution in [0.15, 0.2) is 48.7 Å². The average molecular weight is 401 g/mol. The smallest absolute Gasteiger partial charge is 0.306 e. The van der Waals surface area contributed by atoms with Crippen LogP contribution in [0, 0.1) is 0 Å². The highest BCUT2D eigenvalue weighted by Crippen LogP contribution is 2.27. The Morgan fingerprint density at radius 1 is 1.18 bits per heavy atom. The van der Waals surface area contributed by atoms with Crippen LogP contribution in [0.1, 0.15) is 18.4 Å². The number of para-hydroxylation sites is 1. The molecule has 0 radical (unpaired) electrons. The summed E-state index contributed by atoms with van der Waals surface area (Å²) in [6, 6.07) is 12.9. The van der Waals surface area contributed by atoms with Gasteiger partial charge in [-0.2, -0.15) is 0 Å². The van der Waals surface area contributed by atoms with Crippen LogP contribution in [-0.4, -0.2) is 30.6 Å². The number of benzene rings is 2. The van der Waals surface area contributed by atoms with Gasteiger partial charge in [-0.1, -0.05) is 29.8 Å². The Balaban J connectivity index is 1.40. The molecule has 28 heavy (non-hydrogen) atoms. The molecular formula is C21H21ClN2O4. The Kier molecular flexibility index (Phi) is 6.55. The van der Waals surface area contributed by atoms with Crippen molar-refractivity contribution in [3.8, 4) is 5.75 Å². The molecule has 0 aliphatic rings. The number of carbonyl (C=O) groups excluding carboxylic acids is 2. The van der Waals surface area contributed by atoms with Crippen molar-refractivity contribution in [1.29, 1.82) is 0 Å². The van der Waals surface area contributed by atoms with E-state index in [1.807, 2.05) is 24.4 Å². The summed E-state index contributed by atoms with van der Waals surface area (Å²) in [5.41, 5.74) is 2.75. The molecule has 146 valence electrons. The van der Waals surface area contributed by atoms with Crippen molar-refractivity contribution in [3.05, 3.63) is 59.2 Å². The number of esters is 1. The summed E-state index contributed by atoms with van der Waals surface area (Å²) in [4.78, 5) is 27.0. The minimum Gasteiger partial charge on any atom is -0.495 e. The van der Waals surface area contributed by atoms with E-state index in [0.717, 1.165) is 22.9 Å². The Bertz CT molecular complexity index is 983. The van der Waals surface area contributed by atoms with Gasteiger partial charge in [0.05, 0.1) is 12.1 Å². The second kappa shape index (κ2) is 9.28. The number of amides is 1. The van der Waals surface area contributed by atoms with Gasteiger partial charge in [-0.05, 0) is 42.7 Å². The minimum atomic E-state index is -0.425. The first-order chi connectivity index (χ1) is 13.6. The number of aryl methyl sites for hydroxylation is 1. The number of nitrogens with one attached hydrogen (secondary N) is 2. The molecule has 3 rings (SSSR count). The van der Waals surface area contributed by atoms with Crippen LogP contribution >= 0.6 is 11.6 Å². The van der Waals surface area contributed by atoms with Crippen LogP contribution in [0.2, 0.25) is 5.02 Å². The fourth-order valence-corrected chi connectivity index (χ4v) is 3.18. The molecule has 0 saturated heterocycles. The number of aromatic amines is 1. The van der Waals surface area contributed by atoms with E-state index in [-0.39, 0.29) is 13.0 Å². The van der Waals surface area contributed by atoms with Crippen molar-refractivity contribution in [2.45, 2.75) is 19.3 Å². The van der Waals surface area contributed by atoms with Crippen molar-refractivity contribution in [1.82, 2.24) is 4.98 Å². The number of aromatic nitrogens is 1. The lowest BCUT2D eigenvalue weighted by molar-refractivity contribution is -0.147. The van der Waals surface area contributed by atoms with Crippen LogP contribution in [0.25, 0.3) is 10.9 Å². The van der Waals surface area contributed by atoms with Gasteiger partial charge in [-0.15, -0.1) is 0 Å². The number of fused-ring (bicyclic) bond motifs is 1. The SMILES string of the molecule is COc1ccc(NC(=O)COC(=O)CCCc2c[nH]c3ccccc23)cc1Cl. The number of methoxy groups -OCH3 is 1. The Morgan fingerprint density at radius 2 is 2.00 bits per heavy atom. The predicted octanol–water partition coefficient (Wildman–Crippen LogP) is 4.33. The van der Waals surface area contributed by atoms with Crippen LogP contribution in [0.3, 0.4) is 0 Å². The van der Waals surface area contributed by atoms with Crippen LogP contribution < -0.4 is 10.1 Å². The van der Waals surface area contributed by atoms with E-state index in [1.165, 1.54) is 7.11 Å². The quantitative estimate of drug-likeness (QED) is 0.551. The summed E-state index contributed by atoms with van der Waals surface area (Å²) in [7, 11) is 1.51. The molecule has 1 heterocycles. The zero-order chi connectivity index (χ0) is 19.9. The standard InChI is InChI=1S/C21H21ClN2O4/c1-27-19-10-9-15(11-17(19)22)24-20(25)13-28-21(26)8-4-5-14-12-23-18-7-3-2-6-16(14)18/h2-3,6-7,9-12,23H,4-5,8,13H2,1H3,(H,24,25). The Hall–Kier alpha value is -2.99. The van der Waals surface area contributed by atoms with Gasteiger partial charge < -0.3 is 19.8 Å². The fraction of sp³-hybridized carbons (Fsp3) is 0.238. The minimum absolute atomic E-state index is 0.251. The van der Waals surface area contributed by atoms with Crippen molar-refractivity contribution in [2.24, 2.45) is 0 Å². The normalized spacial score (nSPS) is 10.6. The van der Waals surface area contributed by atoms with E-state index in [2.05, 4.69) is 16.4 Å².